The minimum atomic E-state index is -0.735. The molecule has 0 aromatic heterocycles. The normalized spacial score (nSPS) is 13.5. The van der Waals surface area contributed by atoms with Crippen molar-refractivity contribution in [3.63, 3.8) is 0 Å². The molecule has 0 spiro atoms. The molecule has 2 amide bonds. The van der Waals surface area contributed by atoms with E-state index < -0.39 is 24.0 Å². The van der Waals surface area contributed by atoms with Crippen LogP contribution in [0.5, 0.6) is 0 Å². The highest BCUT2D eigenvalue weighted by atomic mass is 79.9. The van der Waals surface area contributed by atoms with Crippen LogP contribution in [0.15, 0.2) is 0 Å². The molecule has 0 bridgehead atoms. The van der Waals surface area contributed by atoms with Crippen molar-refractivity contribution in [1.29, 1.82) is 0 Å². The maximum absolute atomic E-state index is 11.5. The van der Waals surface area contributed by atoms with Gasteiger partial charge in [0, 0.05) is 0 Å². The van der Waals surface area contributed by atoms with E-state index in [0.717, 1.165) is 0 Å². The second kappa shape index (κ2) is 7.21. The number of hydrogen-bond donors (Lipinski definition) is 2. The van der Waals surface area contributed by atoms with Gasteiger partial charge in [-0.15, -0.1) is 0 Å². The second-order valence-electron chi connectivity index (χ2n) is 3.18. The number of esters is 1. The van der Waals surface area contributed by atoms with Gasteiger partial charge in [0.05, 0.1) is 12.4 Å². The second-order valence-corrected chi connectivity index (χ2v) is 3.74. The SMILES string of the molecule is COC(=O)[C@@H](C)NC(=O)[C@@H](C)NC(=O)CBr. The summed E-state index contributed by atoms with van der Waals surface area (Å²) in [4.78, 5) is 33.5. The van der Waals surface area contributed by atoms with Gasteiger partial charge in [-0.25, -0.2) is 4.79 Å². The van der Waals surface area contributed by atoms with Crippen molar-refractivity contribution in [3.05, 3.63) is 0 Å². The first-order valence-electron chi connectivity index (χ1n) is 4.65. The summed E-state index contributed by atoms with van der Waals surface area (Å²) in [6.07, 6.45) is 0. The summed E-state index contributed by atoms with van der Waals surface area (Å²) in [5.41, 5.74) is 0. The molecule has 6 nitrogen and oxygen atoms in total. The van der Waals surface area contributed by atoms with Crippen LogP contribution < -0.4 is 10.6 Å². The number of hydrogen-bond acceptors (Lipinski definition) is 4. The van der Waals surface area contributed by atoms with Gasteiger partial charge < -0.3 is 15.4 Å². The summed E-state index contributed by atoms with van der Waals surface area (Å²) in [5.74, 6) is -1.27. The number of nitrogens with one attached hydrogen (secondary N) is 2. The first kappa shape index (κ1) is 14.9. The summed E-state index contributed by atoms with van der Waals surface area (Å²) in [7, 11) is 1.24. The highest BCUT2D eigenvalue weighted by Gasteiger charge is 2.20. The molecule has 0 heterocycles. The minimum absolute atomic E-state index is 0.122. The zero-order chi connectivity index (χ0) is 12.7. The van der Waals surface area contributed by atoms with Gasteiger partial charge in [-0.1, -0.05) is 15.9 Å². The van der Waals surface area contributed by atoms with Gasteiger partial charge >= 0.3 is 5.97 Å². The molecule has 0 radical (unpaired) electrons. The van der Waals surface area contributed by atoms with E-state index in [2.05, 4.69) is 31.3 Å². The van der Waals surface area contributed by atoms with E-state index in [1.807, 2.05) is 0 Å². The van der Waals surface area contributed by atoms with Crippen molar-refractivity contribution in [2.75, 3.05) is 12.4 Å². The first-order valence-corrected chi connectivity index (χ1v) is 5.78. The summed E-state index contributed by atoms with van der Waals surface area (Å²) in [6, 6.07) is -1.43. The van der Waals surface area contributed by atoms with E-state index in [9.17, 15) is 14.4 Å². The monoisotopic (exact) mass is 294 g/mol. The fourth-order valence-corrected chi connectivity index (χ4v) is 1.08. The Hall–Kier alpha value is -1.11. The molecular weight excluding hydrogens is 280 g/mol. The lowest BCUT2D eigenvalue weighted by Crippen LogP contribution is -2.49. The van der Waals surface area contributed by atoms with E-state index in [0.29, 0.717) is 0 Å². The number of alkyl halides is 1. The fourth-order valence-electron chi connectivity index (χ4n) is 0.920. The summed E-state index contributed by atoms with van der Waals surface area (Å²) < 4.78 is 4.45. The third kappa shape index (κ3) is 5.11. The highest BCUT2D eigenvalue weighted by molar-refractivity contribution is 9.09. The maximum atomic E-state index is 11.5. The summed E-state index contributed by atoms with van der Waals surface area (Å²) in [5, 5.41) is 4.98. The van der Waals surface area contributed by atoms with Gasteiger partial charge in [-0.2, -0.15) is 0 Å². The largest absolute Gasteiger partial charge is 0.467 e. The van der Waals surface area contributed by atoms with Crippen LogP contribution in [-0.2, 0) is 19.1 Å². The first-order chi connectivity index (χ1) is 7.42. The Morgan fingerprint density at radius 3 is 2.19 bits per heavy atom. The van der Waals surface area contributed by atoms with Crippen LogP contribution in [0.4, 0.5) is 0 Å². The zero-order valence-corrected chi connectivity index (χ0v) is 11.0. The van der Waals surface area contributed by atoms with Crippen molar-refractivity contribution >= 4 is 33.7 Å². The van der Waals surface area contributed by atoms with Gasteiger partial charge in [-0.05, 0) is 13.8 Å². The van der Waals surface area contributed by atoms with Crippen LogP contribution in [0.2, 0.25) is 0 Å². The van der Waals surface area contributed by atoms with Crippen molar-refractivity contribution in [1.82, 2.24) is 10.6 Å². The number of rotatable bonds is 5. The lowest BCUT2D eigenvalue weighted by Gasteiger charge is -2.16. The molecule has 0 aromatic carbocycles. The van der Waals surface area contributed by atoms with Crippen LogP contribution >= 0.6 is 15.9 Å². The fraction of sp³-hybridized carbons (Fsp3) is 0.667. The van der Waals surface area contributed by atoms with Crippen LogP contribution in [0.1, 0.15) is 13.8 Å². The molecule has 2 atom stereocenters. The number of methoxy groups -OCH3 is 1. The molecule has 0 aliphatic carbocycles. The molecule has 16 heavy (non-hydrogen) atoms. The molecule has 0 saturated carbocycles. The Morgan fingerprint density at radius 2 is 1.75 bits per heavy atom. The molecule has 2 N–H and O–H groups in total. The predicted octanol–water partition coefficient (Wildman–Crippen LogP) is -0.436. The van der Waals surface area contributed by atoms with Gasteiger partial charge in [-0.3, -0.25) is 9.59 Å². The standard InChI is InChI=1S/C9H15BrN2O4/c1-5(11-7(13)4-10)8(14)12-6(2)9(15)16-3/h5-6H,4H2,1-3H3,(H,11,13)(H,12,14)/t5-,6-/m1/s1. The van der Waals surface area contributed by atoms with Gasteiger partial charge in [0.25, 0.3) is 0 Å². The van der Waals surface area contributed by atoms with Gasteiger partial charge in [0.2, 0.25) is 11.8 Å². The Balaban J connectivity index is 4.15. The lowest BCUT2D eigenvalue weighted by atomic mass is 10.2. The smallest absolute Gasteiger partial charge is 0.328 e. The number of halogens is 1. The summed E-state index contributed by atoms with van der Waals surface area (Å²) in [6.45, 7) is 3.03. The summed E-state index contributed by atoms with van der Waals surface area (Å²) >= 11 is 2.96. The molecule has 0 aliphatic heterocycles. The van der Waals surface area contributed by atoms with E-state index in [1.165, 1.54) is 21.0 Å². The Morgan fingerprint density at radius 1 is 1.19 bits per heavy atom. The minimum Gasteiger partial charge on any atom is -0.467 e. The number of amides is 2. The Bertz CT molecular complexity index is 283. The lowest BCUT2D eigenvalue weighted by molar-refractivity contribution is -0.144. The average Bonchev–Trinajstić information content (AvgIpc) is 2.27. The third-order valence-electron chi connectivity index (χ3n) is 1.81. The van der Waals surface area contributed by atoms with Crippen molar-refractivity contribution in [2.45, 2.75) is 25.9 Å². The number of carbonyl (C=O) groups excluding carboxylic acids is 3. The maximum Gasteiger partial charge on any atom is 0.328 e. The molecule has 0 saturated heterocycles. The Labute approximate surface area is 102 Å². The number of carbonyl (C=O) groups is 3. The molecule has 0 rings (SSSR count). The molecule has 0 fully saturated rings. The predicted molar refractivity (Wildman–Crippen MR) is 61.0 cm³/mol. The van der Waals surface area contributed by atoms with Crippen LogP contribution in [0, 0.1) is 0 Å². The van der Waals surface area contributed by atoms with Gasteiger partial charge in [0.1, 0.15) is 12.1 Å². The van der Waals surface area contributed by atoms with E-state index >= 15 is 0 Å². The topological polar surface area (TPSA) is 84.5 Å². The Kier molecular flexibility index (Phi) is 6.71. The third-order valence-corrected chi connectivity index (χ3v) is 2.31. The molecule has 0 aliphatic rings. The van der Waals surface area contributed by atoms with E-state index in [4.69, 9.17) is 0 Å². The molecule has 7 heteroatoms. The van der Waals surface area contributed by atoms with Crippen LogP contribution in [-0.4, -0.2) is 42.3 Å². The quantitative estimate of drug-likeness (QED) is 0.532. The van der Waals surface area contributed by atoms with E-state index in [-0.39, 0.29) is 11.2 Å². The highest BCUT2D eigenvalue weighted by Crippen LogP contribution is 1.90. The van der Waals surface area contributed by atoms with Crippen molar-refractivity contribution < 1.29 is 19.1 Å². The zero-order valence-electron chi connectivity index (χ0n) is 9.37. The van der Waals surface area contributed by atoms with E-state index in [1.54, 1.807) is 0 Å². The van der Waals surface area contributed by atoms with Crippen LogP contribution in [0.25, 0.3) is 0 Å². The van der Waals surface area contributed by atoms with Crippen molar-refractivity contribution in [2.24, 2.45) is 0 Å². The molecule has 92 valence electrons. The molecule has 0 unspecified atom stereocenters. The van der Waals surface area contributed by atoms with Crippen molar-refractivity contribution in [3.8, 4) is 0 Å². The number of ether oxygens (including phenoxy) is 1. The average molecular weight is 295 g/mol. The van der Waals surface area contributed by atoms with Crippen LogP contribution in [0.3, 0.4) is 0 Å². The van der Waals surface area contributed by atoms with Gasteiger partial charge in [0.15, 0.2) is 0 Å². The molecule has 0 aromatic rings. The molecular formula is C9H15BrN2O4.